The van der Waals surface area contributed by atoms with Gasteiger partial charge in [-0.05, 0) is 43.3 Å². The number of hydrogen-bond donors (Lipinski definition) is 0. The Kier molecular flexibility index (Phi) is 1.71. The smallest absolute Gasteiger partial charge is 0.00754 e. The lowest BCUT2D eigenvalue weighted by atomic mass is 9.90. The van der Waals surface area contributed by atoms with Gasteiger partial charge >= 0.3 is 0 Å². The van der Waals surface area contributed by atoms with Crippen molar-refractivity contribution >= 4 is 11.8 Å². The van der Waals surface area contributed by atoms with Gasteiger partial charge in [0.05, 0.1) is 0 Å². The summed E-state index contributed by atoms with van der Waals surface area (Å²) in [5.41, 5.74) is 0. The first-order valence-electron chi connectivity index (χ1n) is 4.34. The Morgan fingerprint density at radius 2 is 1.90 bits per heavy atom. The van der Waals surface area contributed by atoms with Crippen LogP contribution < -0.4 is 0 Å². The first kappa shape index (κ1) is 7.02. The van der Waals surface area contributed by atoms with E-state index in [0.717, 1.165) is 23.0 Å². The summed E-state index contributed by atoms with van der Waals surface area (Å²) >= 11 is 2.10. The Labute approximate surface area is 67.8 Å². The van der Waals surface area contributed by atoms with Crippen LogP contribution in [0, 0.1) is 17.8 Å². The van der Waals surface area contributed by atoms with Crippen LogP contribution in [0.4, 0.5) is 0 Å². The van der Waals surface area contributed by atoms with Crippen LogP contribution in [0.25, 0.3) is 0 Å². The Bertz CT molecular complexity index is 131. The fourth-order valence-corrected chi connectivity index (χ4v) is 3.85. The molecule has 0 spiro atoms. The van der Waals surface area contributed by atoms with Gasteiger partial charge < -0.3 is 0 Å². The number of thioether (sulfide) groups is 1. The number of fused-ring (bicyclic) bond motifs is 2. The monoisotopic (exact) mass is 156 g/mol. The molecule has 0 aromatic carbocycles. The van der Waals surface area contributed by atoms with E-state index in [1.165, 1.54) is 12.8 Å². The minimum Gasteiger partial charge on any atom is -0.162 e. The largest absolute Gasteiger partial charge is 0.162 e. The van der Waals surface area contributed by atoms with E-state index in [0.29, 0.717) is 0 Å². The average molecular weight is 156 g/mol. The third-order valence-electron chi connectivity index (χ3n) is 3.45. The Morgan fingerprint density at radius 1 is 1.10 bits per heavy atom. The molecule has 0 nitrogen and oxygen atoms in total. The highest BCUT2D eigenvalue weighted by Gasteiger charge is 2.43. The van der Waals surface area contributed by atoms with Gasteiger partial charge in [0.25, 0.3) is 0 Å². The van der Waals surface area contributed by atoms with Gasteiger partial charge in [0.2, 0.25) is 0 Å². The summed E-state index contributed by atoms with van der Waals surface area (Å²) in [7, 11) is 0. The molecular weight excluding hydrogens is 140 g/mol. The SMILES string of the molecule is CSC1CC2CC1CC2C. The van der Waals surface area contributed by atoms with Crippen molar-refractivity contribution in [3.63, 3.8) is 0 Å². The minimum absolute atomic E-state index is 1.03. The van der Waals surface area contributed by atoms with Crippen molar-refractivity contribution in [2.45, 2.75) is 31.4 Å². The van der Waals surface area contributed by atoms with Crippen molar-refractivity contribution < 1.29 is 0 Å². The molecule has 0 saturated heterocycles. The second-order valence-electron chi connectivity index (χ2n) is 3.98. The molecule has 10 heavy (non-hydrogen) atoms. The maximum Gasteiger partial charge on any atom is 0.00754 e. The van der Waals surface area contributed by atoms with Crippen LogP contribution in [0.2, 0.25) is 0 Å². The first-order chi connectivity index (χ1) is 4.81. The quantitative estimate of drug-likeness (QED) is 0.562. The molecule has 0 aromatic rings. The minimum atomic E-state index is 1.03. The lowest BCUT2D eigenvalue weighted by Crippen LogP contribution is -2.16. The summed E-state index contributed by atoms with van der Waals surface area (Å²) < 4.78 is 0. The zero-order chi connectivity index (χ0) is 7.14. The van der Waals surface area contributed by atoms with E-state index in [-0.39, 0.29) is 0 Å². The molecule has 2 fully saturated rings. The second kappa shape index (κ2) is 2.44. The molecule has 2 saturated carbocycles. The molecule has 2 aliphatic carbocycles. The fourth-order valence-electron chi connectivity index (χ4n) is 2.80. The van der Waals surface area contributed by atoms with Crippen molar-refractivity contribution in [1.82, 2.24) is 0 Å². The third kappa shape index (κ3) is 0.903. The fraction of sp³-hybridized carbons (Fsp3) is 1.00. The maximum atomic E-state index is 2.43. The summed E-state index contributed by atoms with van der Waals surface area (Å²) in [6.07, 6.45) is 6.87. The van der Waals surface area contributed by atoms with E-state index in [1.54, 1.807) is 6.42 Å². The topological polar surface area (TPSA) is 0 Å². The Balaban J connectivity index is 2.02. The zero-order valence-electron chi connectivity index (χ0n) is 6.84. The van der Waals surface area contributed by atoms with Gasteiger partial charge in [0, 0.05) is 5.25 Å². The normalized spacial score (nSPS) is 52.2. The van der Waals surface area contributed by atoms with Crippen LogP contribution in [0.15, 0.2) is 0 Å². The van der Waals surface area contributed by atoms with Gasteiger partial charge in [-0.25, -0.2) is 0 Å². The van der Waals surface area contributed by atoms with Gasteiger partial charge in [0.1, 0.15) is 0 Å². The van der Waals surface area contributed by atoms with E-state index in [2.05, 4.69) is 24.9 Å². The van der Waals surface area contributed by atoms with E-state index in [4.69, 9.17) is 0 Å². The van der Waals surface area contributed by atoms with Crippen LogP contribution >= 0.6 is 11.8 Å². The van der Waals surface area contributed by atoms with Crippen molar-refractivity contribution in [2.75, 3.05) is 6.26 Å². The van der Waals surface area contributed by atoms with Crippen LogP contribution in [-0.4, -0.2) is 11.5 Å². The average Bonchev–Trinajstić information content (AvgIpc) is 2.44. The van der Waals surface area contributed by atoms with E-state index in [1.807, 2.05) is 0 Å². The predicted molar refractivity (Wildman–Crippen MR) is 47.3 cm³/mol. The molecule has 0 heterocycles. The summed E-state index contributed by atoms with van der Waals surface area (Å²) in [5.74, 6) is 3.24. The highest BCUT2D eigenvalue weighted by molar-refractivity contribution is 7.99. The lowest BCUT2D eigenvalue weighted by molar-refractivity contribution is 0.367. The molecule has 0 aromatic heterocycles. The second-order valence-corrected chi connectivity index (χ2v) is 5.06. The number of rotatable bonds is 1. The summed E-state index contributed by atoms with van der Waals surface area (Å²) in [6, 6.07) is 0. The van der Waals surface area contributed by atoms with Crippen molar-refractivity contribution in [1.29, 1.82) is 0 Å². The third-order valence-corrected chi connectivity index (χ3v) is 4.63. The molecule has 0 amide bonds. The summed E-state index contributed by atoms with van der Waals surface area (Å²) in [6.45, 7) is 2.43. The molecule has 2 rings (SSSR count). The maximum absolute atomic E-state index is 2.43. The molecule has 0 aliphatic heterocycles. The van der Waals surface area contributed by atoms with E-state index < -0.39 is 0 Å². The highest BCUT2D eigenvalue weighted by atomic mass is 32.2. The van der Waals surface area contributed by atoms with Crippen LogP contribution in [-0.2, 0) is 0 Å². The highest BCUT2D eigenvalue weighted by Crippen LogP contribution is 2.51. The predicted octanol–water partition coefficient (Wildman–Crippen LogP) is 2.78. The van der Waals surface area contributed by atoms with E-state index in [9.17, 15) is 0 Å². The van der Waals surface area contributed by atoms with Gasteiger partial charge in [-0.2, -0.15) is 11.8 Å². The molecule has 0 radical (unpaired) electrons. The van der Waals surface area contributed by atoms with Gasteiger partial charge in [-0.1, -0.05) is 6.92 Å². The van der Waals surface area contributed by atoms with Crippen molar-refractivity contribution in [3.05, 3.63) is 0 Å². The molecule has 4 atom stereocenters. The van der Waals surface area contributed by atoms with Crippen molar-refractivity contribution in [3.8, 4) is 0 Å². The summed E-state index contributed by atoms with van der Waals surface area (Å²) in [4.78, 5) is 0. The molecular formula is C9H16S. The van der Waals surface area contributed by atoms with E-state index >= 15 is 0 Å². The molecule has 2 aliphatic rings. The van der Waals surface area contributed by atoms with Gasteiger partial charge in [-0.3, -0.25) is 0 Å². The molecule has 58 valence electrons. The number of hydrogen-bond acceptors (Lipinski definition) is 1. The molecule has 4 unspecified atom stereocenters. The van der Waals surface area contributed by atoms with Crippen LogP contribution in [0.5, 0.6) is 0 Å². The first-order valence-corrected chi connectivity index (χ1v) is 5.63. The molecule has 1 heteroatoms. The molecule has 0 N–H and O–H groups in total. The standard InChI is InChI=1S/C9H16S/c1-6-3-8-4-7(6)5-9(8)10-2/h6-9H,3-5H2,1-2H3. The van der Waals surface area contributed by atoms with Crippen molar-refractivity contribution in [2.24, 2.45) is 17.8 Å². The molecule has 2 bridgehead atoms. The van der Waals surface area contributed by atoms with Crippen LogP contribution in [0.3, 0.4) is 0 Å². The Hall–Kier alpha value is 0.350. The summed E-state index contributed by atoms with van der Waals surface area (Å²) in [5, 5.41) is 1.03. The zero-order valence-corrected chi connectivity index (χ0v) is 7.66. The van der Waals surface area contributed by atoms with Gasteiger partial charge in [0.15, 0.2) is 0 Å². The van der Waals surface area contributed by atoms with Crippen LogP contribution in [0.1, 0.15) is 26.2 Å². The Morgan fingerprint density at radius 3 is 2.30 bits per heavy atom. The van der Waals surface area contributed by atoms with Gasteiger partial charge in [-0.15, -0.1) is 0 Å². The lowest BCUT2D eigenvalue weighted by Gasteiger charge is -2.23.